The maximum Gasteiger partial charge on any atom is 0.0574 e. The smallest absolute Gasteiger partial charge is 0.0574 e. The van der Waals surface area contributed by atoms with Crippen LogP contribution in [0, 0.1) is 6.92 Å². The first-order valence-corrected chi connectivity index (χ1v) is 4.54. The van der Waals surface area contributed by atoms with Crippen LogP contribution in [0.4, 0.5) is 0 Å². The second-order valence-corrected chi connectivity index (χ2v) is 3.18. The van der Waals surface area contributed by atoms with Crippen LogP contribution in [0.5, 0.6) is 0 Å². The Bertz CT molecular complexity index is 281. The van der Waals surface area contributed by atoms with Crippen molar-refractivity contribution in [2.45, 2.75) is 25.8 Å². The van der Waals surface area contributed by atoms with Gasteiger partial charge in [0.25, 0.3) is 0 Å². The minimum Gasteiger partial charge on any atom is -0.323 e. The first-order valence-electron chi connectivity index (χ1n) is 4.54. The van der Waals surface area contributed by atoms with Gasteiger partial charge in [-0.1, -0.05) is 12.1 Å². The molecule has 0 unspecified atom stereocenters. The summed E-state index contributed by atoms with van der Waals surface area (Å²) in [4.78, 5) is 4.37. The zero-order valence-corrected chi connectivity index (χ0v) is 8.03. The lowest BCUT2D eigenvalue weighted by atomic mass is 10.1. The SMILES string of the molecule is C=CCC[C@@H](N)c1cccc(C)n1. The highest BCUT2D eigenvalue weighted by atomic mass is 14.8. The third-order valence-corrected chi connectivity index (χ3v) is 1.97. The lowest BCUT2D eigenvalue weighted by molar-refractivity contribution is 0.640. The Morgan fingerprint density at radius 3 is 3.00 bits per heavy atom. The molecule has 0 aromatic carbocycles. The molecule has 13 heavy (non-hydrogen) atoms. The summed E-state index contributed by atoms with van der Waals surface area (Å²) in [5.74, 6) is 0. The summed E-state index contributed by atoms with van der Waals surface area (Å²) >= 11 is 0. The van der Waals surface area contributed by atoms with Gasteiger partial charge in [0.15, 0.2) is 0 Å². The molecular formula is C11H16N2. The summed E-state index contributed by atoms with van der Waals surface area (Å²) in [6.45, 7) is 5.64. The van der Waals surface area contributed by atoms with E-state index in [9.17, 15) is 0 Å². The first-order chi connectivity index (χ1) is 6.24. The highest BCUT2D eigenvalue weighted by Crippen LogP contribution is 2.13. The number of pyridine rings is 1. The monoisotopic (exact) mass is 176 g/mol. The van der Waals surface area contributed by atoms with Crippen LogP contribution < -0.4 is 5.73 Å². The van der Waals surface area contributed by atoms with Gasteiger partial charge in [-0.3, -0.25) is 4.98 Å². The molecule has 1 heterocycles. The minimum absolute atomic E-state index is 0.0397. The fraction of sp³-hybridized carbons (Fsp3) is 0.364. The largest absolute Gasteiger partial charge is 0.323 e. The van der Waals surface area contributed by atoms with Gasteiger partial charge in [-0.2, -0.15) is 0 Å². The average Bonchev–Trinajstić information content (AvgIpc) is 2.14. The van der Waals surface area contributed by atoms with E-state index in [1.165, 1.54) is 0 Å². The van der Waals surface area contributed by atoms with Crippen LogP contribution >= 0.6 is 0 Å². The van der Waals surface area contributed by atoms with Crippen molar-refractivity contribution in [2.75, 3.05) is 0 Å². The van der Waals surface area contributed by atoms with E-state index >= 15 is 0 Å². The van der Waals surface area contributed by atoms with E-state index in [4.69, 9.17) is 5.73 Å². The van der Waals surface area contributed by atoms with Crippen molar-refractivity contribution in [1.82, 2.24) is 4.98 Å². The molecule has 1 aromatic heterocycles. The summed E-state index contributed by atoms with van der Waals surface area (Å²) in [5, 5.41) is 0. The zero-order valence-electron chi connectivity index (χ0n) is 8.03. The normalized spacial score (nSPS) is 12.5. The molecule has 0 radical (unpaired) electrons. The molecule has 2 heteroatoms. The summed E-state index contributed by atoms with van der Waals surface area (Å²) in [6, 6.07) is 5.98. The number of aromatic nitrogens is 1. The van der Waals surface area contributed by atoms with Crippen LogP contribution in [-0.2, 0) is 0 Å². The summed E-state index contributed by atoms with van der Waals surface area (Å²) in [5.41, 5.74) is 7.93. The Morgan fingerprint density at radius 2 is 2.38 bits per heavy atom. The van der Waals surface area contributed by atoms with Crippen molar-refractivity contribution in [3.63, 3.8) is 0 Å². The van der Waals surface area contributed by atoms with Gasteiger partial charge in [0, 0.05) is 11.7 Å². The molecule has 0 aliphatic heterocycles. The van der Waals surface area contributed by atoms with Crippen molar-refractivity contribution < 1.29 is 0 Å². The molecule has 0 aliphatic rings. The third-order valence-electron chi connectivity index (χ3n) is 1.97. The van der Waals surface area contributed by atoms with Gasteiger partial charge in [-0.25, -0.2) is 0 Å². The number of nitrogens with two attached hydrogens (primary N) is 1. The average molecular weight is 176 g/mol. The van der Waals surface area contributed by atoms with Crippen LogP contribution in [0.1, 0.15) is 30.3 Å². The Labute approximate surface area is 79.5 Å². The van der Waals surface area contributed by atoms with Gasteiger partial charge in [-0.15, -0.1) is 6.58 Å². The lowest BCUT2D eigenvalue weighted by Crippen LogP contribution is -2.11. The zero-order chi connectivity index (χ0) is 9.68. The molecule has 0 bridgehead atoms. The molecule has 0 fully saturated rings. The summed E-state index contributed by atoms with van der Waals surface area (Å²) < 4.78 is 0. The van der Waals surface area contributed by atoms with Crippen molar-refractivity contribution in [3.8, 4) is 0 Å². The van der Waals surface area contributed by atoms with Gasteiger partial charge in [0.2, 0.25) is 0 Å². The molecule has 1 atom stereocenters. The van der Waals surface area contributed by atoms with E-state index < -0.39 is 0 Å². The number of rotatable bonds is 4. The molecule has 0 saturated heterocycles. The van der Waals surface area contributed by atoms with Gasteiger partial charge < -0.3 is 5.73 Å². The van der Waals surface area contributed by atoms with Crippen molar-refractivity contribution in [2.24, 2.45) is 5.73 Å². The topological polar surface area (TPSA) is 38.9 Å². The predicted octanol–water partition coefficient (Wildman–Crippen LogP) is 2.36. The van der Waals surface area contributed by atoms with E-state index in [1.54, 1.807) is 0 Å². The van der Waals surface area contributed by atoms with Gasteiger partial charge in [0.1, 0.15) is 0 Å². The molecular weight excluding hydrogens is 160 g/mol. The van der Waals surface area contributed by atoms with Crippen LogP contribution in [0.15, 0.2) is 30.9 Å². The quantitative estimate of drug-likeness (QED) is 0.715. The van der Waals surface area contributed by atoms with E-state index in [0.717, 1.165) is 24.2 Å². The highest BCUT2D eigenvalue weighted by molar-refractivity contribution is 5.13. The summed E-state index contributed by atoms with van der Waals surface area (Å²) in [7, 11) is 0. The van der Waals surface area contributed by atoms with Gasteiger partial charge >= 0.3 is 0 Å². The lowest BCUT2D eigenvalue weighted by Gasteiger charge is -2.09. The van der Waals surface area contributed by atoms with Crippen LogP contribution in [0.3, 0.4) is 0 Å². The Balaban J connectivity index is 2.65. The Kier molecular flexibility index (Phi) is 3.65. The summed E-state index contributed by atoms with van der Waals surface area (Å²) in [6.07, 6.45) is 3.74. The van der Waals surface area contributed by atoms with E-state index in [2.05, 4.69) is 11.6 Å². The number of hydrogen-bond donors (Lipinski definition) is 1. The first kappa shape index (κ1) is 9.93. The number of hydrogen-bond acceptors (Lipinski definition) is 2. The molecule has 1 aromatic rings. The molecule has 0 aliphatic carbocycles. The Hall–Kier alpha value is -1.15. The van der Waals surface area contributed by atoms with Crippen LogP contribution in [0.25, 0.3) is 0 Å². The van der Waals surface area contributed by atoms with Gasteiger partial charge in [0.05, 0.1) is 5.69 Å². The van der Waals surface area contributed by atoms with Crippen molar-refractivity contribution >= 4 is 0 Å². The molecule has 2 nitrogen and oxygen atoms in total. The predicted molar refractivity (Wildman–Crippen MR) is 55.3 cm³/mol. The standard InChI is InChI=1S/C11H16N2/c1-3-4-7-10(12)11-8-5-6-9(2)13-11/h3,5-6,8,10H,1,4,7,12H2,2H3/t10-/m1/s1. The van der Waals surface area contributed by atoms with E-state index in [-0.39, 0.29) is 6.04 Å². The third kappa shape index (κ3) is 2.99. The van der Waals surface area contributed by atoms with E-state index in [0.29, 0.717) is 0 Å². The van der Waals surface area contributed by atoms with Gasteiger partial charge in [-0.05, 0) is 31.9 Å². The number of allylic oxidation sites excluding steroid dienone is 1. The van der Waals surface area contributed by atoms with E-state index in [1.807, 2.05) is 31.2 Å². The fourth-order valence-electron chi connectivity index (χ4n) is 1.22. The molecule has 1 rings (SSSR count). The molecule has 2 N–H and O–H groups in total. The van der Waals surface area contributed by atoms with Crippen molar-refractivity contribution in [3.05, 3.63) is 42.2 Å². The maximum absolute atomic E-state index is 5.94. The molecule has 0 spiro atoms. The van der Waals surface area contributed by atoms with Crippen LogP contribution in [0.2, 0.25) is 0 Å². The fourth-order valence-corrected chi connectivity index (χ4v) is 1.22. The van der Waals surface area contributed by atoms with Crippen molar-refractivity contribution in [1.29, 1.82) is 0 Å². The van der Waals surface area contributed by atoms with Crippen LogP contribution in [-0.4, -0.2) is 4.98 Å². The molecule has 0 amide bonds. The maximum atomic E-state index is 5.94. The number of aryl methyl sites for hydroxylation is 1. The molecule has 0 saturated carbocycles. The highest BCUT2D eigenvalue weighted by Gasteiger charge is 2.05. The molecule has 70 valence electrons. The second-order valence-electron chi connectivity index (χ2n) is 3.18. The minimum atomic E-state index is 0.0397. The second kappa shape index (κ2) is 4.77. The Morgan fingerprint density at radius 1 is 1.62 bits per heavy atom. The number of nitrogens with zero attached hydrogens (tertiary/aromatic N) is 1.